The number of nitrogens with one attached hydrogen (secondary N) is 2. The summed E-state index contributed by atoms with van der Waals surface area (Å²) in [5, 5.41) is 3.02. The maximum Gasteiger partial charge on any atom is 0.573 e. The fourth-order valence-corrected chi connectivity index (χ4v) is 2.21. The van der Waals surface area contributed by atoms with Crippen LogP contribution in [0, 0.1) is 13.8 Å². The second-order valence-electron chi connectivity index (χ2n) is 5.24. The molecule has 0 bridgehead atoms. The van der Waals surface area contributed by atoms with E-state index in [9.17, 15) is 13.2 Å². The molecule has 0 aliphatic heterocycles. The number of hydrogen-bond donors (Lipinski definition) is 2. The number of nitrogens with zero attached hydrogens (tertiary/aromatic N) is 1. The molecule has 3 rings (SSSR count). The molecule has 3 aromatic rings. The van der Waals surface area contributed by atoms with Gasteiger partial charge in [0.05, 0.1) is 11.0 Å². The van der Waals surface area contributed by atoms with Gasteiger partial charge in [0, 0.05) is 5.69 Å². The number of hydrogen-bond acceptors (Lipinski definition) is 3. The predicted octanol–water partition coefficient (Wildman–Crippen LogP) is 4.82. The fourth-order valence-electron chi connectivity index (χ4n) is 2.21. The van der Waals surface area contributed by atoms with Gasteiger partial charge in [-0.15, -0.1) is 13.2 Å². The maximum atomic E-state index is 12.1. The number of H-pyrrole nitrogens is 1. The molecule has 0 saturated heterocycles. The third kappa shape index (κ3) is 3.56. The van der Waals surface area contributed by atoms with Gasteiger partial charge in [0.2, 0.25) is 5.95 Å². The van der Waals surface area contributed by atoms with Crippen LogP contribution in [-0.2, 0) is 0 Å². The molecule has 0 atom stereocenters. The molecule has 1 heterocycles. The van der Waals surface area contributed by atoms with E-state index in [0.717, 1.165) is 22.2 Å². The van der Waals surface area contributed by atoms with Gasteiger partial charge in [0.1, 0.15) is 5.75 Å². The van der Waals surface area contributed by atoms with Crippen molar-refractivity contribution in [2.75, 3.05) is 5.32 Å². The summed E-state index contributed by atoms with van der Waals surface area (Å²) in [6.07, 6.45) is -4.69. The molecule has 2 aromatic carbocycles. The predicted molar refractivity (Wildman–Crippen MR) is 82.0 cm³/mol. The molecule has 0 radical (unpaired) electrons. The van der Waals surface area contributed by atoms with Gasteiger partial charge < -0.3 is 15.0 Å². The highest BCUT2D eigenvalue weighted by molar-refractivity contribution is 5.80. The lowest BCUT2D eigenvalue weighted by Crippen LogP contribution is -2.16. The Balaban J connectivity index is 1.79. The first-order chi connectivity index (χ1) is 10.8. The lowest BCUT2D eigenvalue weighted by Gasteiger charge is -2.09. The molecule has 1 aromatic heterocycles. The summed E-state index contributed by atoms with van der Waals surface area (Å²) in [6.45, 7) is 4.03. The van der Waals surface area contributed by atoms with Crippen molar-refractivity contribution in [2.45, 2.75) is 20.2 Å². The zero-order valence-electron chi connectivity index (χ0n) is 12.5. The highest BCUT2D eigenvalue weighted by Crippen LogP contribution is 2.26. The van der Waals surface area contributed by atoms with Gasteiger partial charge in [0.15, 0.2) is 0 Å². The van der Waals surface area contributed by atoms with Gasteiger partial charge >= 0.3 is 6.36 Å². The molecule has 0 amide bonds. The summed E-state index contributed by atoms with van der Waals surface area (Å²) in [5.74, 6) is 0.258. The quantitative estimate of drug-likeness (QED) is 0.727. The molecule has 0 saturated carbocycles. The zero-order valence-corrected chi connectivity index (χ0v) is 12.5. The number of halogens is 3. The number of anilines is 2. The molecule has 4 nitrogen and oxygen atoms in total. The van der Waals surface area contributed by atoms with E-state index in [0.29, 0.717) is 11.6 Å². The van der Waals surface area contributed by atoms with E-state index >= 15 is 0 Å². The van der Waals surface area contributed by atoms with Crippen LogP contribution < -0.4 is 10.1 Å². The topological polar surface area (TPSA) is 49.9 Å². The Kier molecular flexibility index (Phi) is 3.63. The largest absolute Gasteiger partial charge is 0.573 e. The number of aromatic amines is 1. The van der Waals surface area contributed by atoms with Crippen molar-refractivity contribution in [3.05, 3.63) is 47.5 Å². The zero-order chi connectivity index (χ0) is 16.6. The third-order valence-electron chi connectivity index (χ3n) is 3.45. The summed E-state index contributed by atoms with van der Waals surface area (Å²) in [7, 11) is 0. The molecular formula is C16H14F3N3O. The Morgan fingerprint density at radius 3 is 2.35 bits per heavy atom. The Hall–Kier alpha value is -2.70. The number of imidazole rings is 1. The van der Waals surface area contributed by atoms with E-state index in [2.05, 4.69) is 20.0 Å². The van der Waals surface area contributed by atoms with Crippen molar-refractivity contribution in [3.63, 3.8) is 0 Å². The molecule has 0 aliphatic rings. The highest BCUT2D eigenvalue weighted by atomic mass is 19.4. The smallest absolute Gasteiger partial charge is 0.406 e. The van der Waals surface area contributed by atoms with Crippen LogP contribution in [0.4, 0.5) is 24.8 Å². The minimum Gasteiger partial charge on any atom is -0.406 e. The van der Waals surface area contributed by atoms with Gasteiger partial charge in [-0.25, -0.2) is 4.98 Å². The van der Waals surface area contributed by atoms with Crippen LogP contribution in [0.25, 0.3) is 11.0 Å². The number of ether oxygens (including phenoxy) is 1. The van der Waals surface area contributed by atoms with E-state index in [1.807, 2.05) is 26.0 Å². The monoisotopic (exact) mass is 321 g/mol. The van der Waals surface area contributed by atoms with E-state index in [1.54, 1.807) is 0 Å². The van der Waals surface area contributed by atoms with Gasteiger partial charge in [-0.1, -0.05) is 0 Å². The molecule has 0 fully saturated rings. The van der Waals surface area contributed by atoms with Gasteiger partial charge in [0.25, 0.3) is 0 Å². The standard InChI is InChI=1S/C16H14F3N3O/c1-9-7-13-14(8-10(9)2)22-15(21-13)20-11-3-5-12(6-4-11)23-16(17,18)19/h3-8H,1-2H3,(H2,20,21,22). The molecule has 120 valence electrons. The second kappa shape index (κ2) is 5.49. The second-order valence-corrected chi connectivity index (χ2v) is 5.24. The Morgan fingerprint density at radius 2 is 1.70 bits per heavy atom. The Labute approximate surface area is 130 Å². The summed E-state index contributed by atoms with van der Waals surface area (Å²) < 4.78 is 40.2. The number of alkyl halides is 3. The average molecular weight is 321 g/mol. The van der Waals surface area contributed by atoms with Crippen molar-refractivity contribution in [1.29, 1.82) is 0 Å². The SMILES string of the molecule is Cc1cc2nc(Nc3ccc(OC(F)(F)F)cc3)[nH]c2cc1C. The summed E-state index contributed by atoms with van der Waals surface area (Å²) in [4.78, 5) is 7.55. The molecule has 23 heavy (non-hydrogen) atoms. The first-order valence-corrected chi connectivity index (χ1v) is 6.90. The number of aryl methyl sites for hydroxylation is 2. The van der Waals surface area contributed by atoms with Gasteiger partial charge in [-0.2, -0.15) is 0 Å². The summed E-state index contributed by atoms with van der Waals surface area (Å²) >= 11 is 0. The Bertz CT molecular complexity index is 799. The number of fused-ring (bicyclic) bond motifs is 1. The summed E-state index contributed by atoms with van der Waals surface area (Å²) in [6, 6.07) is 9.45. The Morgan fingerprint density at radius 1 is 1.04 bits per heavy atom. The van der Waals surface area contributed by atoms with E-state index < -0.39 is 6.36 Å². The van der Waals surface area contributed by atoms with Crippen LogP contribution in [0.3, 0.4) is 0 Å². The molecular weight excluding hydrogens is 307 g/mol. The first-order valence-electron chi connectivity index (χ1n) is 6.90. The van der Waals surface area contributed by atoms with Crippen LogP contribution in [0.5, 0.6) is 5.75 Å². The van der Waals surface area contributed by atoms with Crippen LogP contribution in [-0.4, -0.2) is 16.3 Å². The normalized spacial score (nSPS) is 11.7. The molecule has 0 spiro atoms. The third-order valence-corrected chi connectivity index (χ3v) is 3.45. The highest BCUT2D eigenvalue weighted by Gasteiger charge is 2.30. The van der Waals surface area contributed by atoms with Crippen LogP contribution in [0.2, 0.25) is 0 Å². The lowest BCUT2D eigenvalue weighted by molar-refractivity contribution is -0.274. The van der Waals surface area contributed by atoms with Crippen LogP contribution in [0.15, 0.2) is 36.4 Å². The minimum atomic E-state index is -4.69. The number of rotatable bonds is 3. The van der Waals surface area contributed by atoms with Crippen LogP contribution in [0.1, 0.15) is 11.1 Å². The van der Waals surface area contributed by atoms with E-state index in [1.165, 1.54) is 24.3 Å². The summed E-state index contributed by atoms with van der Waals surface area (Å²) in [5.41, 5.74) is 4.62. The molecule has 7 heteroatoms. The average Bonchev–Trinajstić information content (AvgIpc) is 2.81. The van der Waals surface area contributed by atoms with Crippen molar-refractivity contribution >= 4 is 22.7 Å². The van der Waals surface area contributed by atoms with Gasteiger partial charge in [-0.3, -0.25) is 0 Å². The van der Waals surface area contributed by atoms with Crippen LogP contribution >= 0.6 is 0 Å². The van der Waals surface area contributed by atoms with E-state index in [-0.39, 0.29) is 5.75 Å². The first kappa shape index (κ1) is 15.2. The lowest BCUT2D eigenvalue weighted by atomic mass is 10.1. The minimum absolute atomic E-state index is 0.265. The van der Waals surface area contributed by atoms with Crippen molar-refractivity contribution in [1.82, 2.24) is 9.97 Å². The number of aromatic nitrogens is 2. The van der Waals surface area contributed by atoms with Crippen molar-refractivity contribution in [3.8, 4) is 5.75 Å². The maximum absolute atomic E-state index is 12.1. The van der Waals surface area contributed by atoms with E-state index in [4.69, 9.17) is 0 Å². The molecule has 0 unspecified atom stereocenters. The molecule has 2 N–H and O–H groups in total. The molecule has 0 aliphatic carbocycles. The van der Waals surface area contributed by atoms with Gasteiger partial charge in [-0.05, 0) is 61.4 Å². The van der Waals surface area contributed by atoms with Crippen molar-refractivity contribution in [2.24, 2.45) is 0 Å². The fraction of sp³-hybridized carbons (Fsp3) is 0.188. The van der Waals surface area contributed by atoms with Crippen molar-refractivity contribution < 1.29 is 17.9 Å². The number of benzene rings is 2.